The Morgan fingerprint density at radius 1 is 1.40 bits per heavy atom. The van der Waals surface area contributed by atoms with E-state index in [0.717, 1.165) is 16.5 Å². The van der Waals surface area contributed by atoms with Crippen LogP contribution in [0.15, 0.2) is 36.1 Å². The summed E-state index contributed by atoms with van der Waals surface area (Å²) in [5.41, 5.74) is 1.05. The number of thiophene rings is 1. The highest BCUT2D eigenvalue weighted by atomic mass is 32.1. The molecule has 0 aromatic carbocycles. The van der Waals surface area contributed by atoms with E-state index in [9.17, 15) is 9.59 Å². The quantitative estimate of drug-likeness (QED) is 0.815. The molecular formula is C13H11N3O3S. The summed E-state index contributed by atoms with van der Waals surface area (Å²) >= 11 is 1.44. The average molecular weight is 289 g/mol. The van der Waals surface area contributed by atoms with Gasteiger partial charge in [-0.25, -0.2) is 9.78 Å². The van der Waals surface area contributed by atoms with Gasteiger partial charge in [-0.15, -0.1) is 11.3 Å². The second-order valence-corrected chi connectivity index (χ2v) is 4.79. The molecule has 7 heteroatoms. The highest BCUT2D eigenvalue weighted by Crippen LogP contribution is 2.15. The van der Waals surface area contributed by atoms with E-state index < -0.39 is 5.97 Å². The van der Waals surface area contributed by atoms with E-state index in [1.54, 1.807) is 0 Å². The van der Waals surface area contributed by atoms with Crippen molar-refractivity contribution in [1.29, 1.82) is 0 Å². The number of hydrogen-bond donors (Lipinski definition) is 2. The Hall–Kier alpha value is -2.54. The van der Waals surface area contributed by atoms with E-state index >= 15 is 0 Å². The molecule has 102 valence electrons. The predicted molar refractivity (Wildman–Crippen MR) is 74.2 cm³/mol. The Morgan fingerprint density at radius 3 is 2.95 bits per heavy atom. The van der Waals surface area contributed by atoms with Gasteiger partial charge in [0.2, 0.25) is 0 Å². The Bertz CT molecular complexity index is 637. The number of aliphatic carboxylic acids is 1. The summed E-state index contributed by atoms with van der Waals surface area (Å²) in [6, 6.07) is 1.82. The molecule has 0 aliphatic rings. The molecule has 0 aliphatic carbocycles. The molecule has 2 N–H and O–H groups in total. The van der Waals surface area contributed by atoms with Crippen LogP contribution in [0.1, 0.15) is 20.9 Å². The van der Waals surface area contributed by atoms with Crippen molar-refractivity contribution in [2.45, 2.75) is 6.54 Å². The highest BCUT2D eigenvalue weighted by molar-refractivity contribution is 7.10. The molecule has 20 heavy (non-hydrogen) atoms. The molecular weight excluding hydrogens is 278 g/mol. The maximum Gasteiger partial charge on any atom is 0.328 e. The summed E-state index contributed by atoms with van der Waals surface area (Å²) in [4.78, 5) is 30.8. The van der Waals surface area contributed by atoms with Crippen molar-refractivity contribution >= 4 is 29.3 Å². The van der Waals surface area contributed by atoms with E-state index in [4.69, 9.17) is 5.11 Å². The smallest absolute Gasteiger partial charge is 0.328 e. The molecule has 1 amide bonds. The third kappa shape index (κ3) is 3.99. The Labute approximate surface area is 118 Å². The molecule has 0 atom stereocenters. The first-order valence-electron chi connectivity index (χ1n) is 5.68. The predicted octanol–water partition coefficient (Wildman–Crippen LogP) is 1.57. The van der Waals surface area contributed by atoms with Crippen LogP contribution in [0.25, 0.3) is 6.08 Å². The standard InChI is InChI=1S/C13H11N3O3S/c17-12(18)2-1-9-5-10(20-8-9)6-16-13(19)11-7-14-3-4-15-11/h1-5,7-8H,6H2,(H,16,19)(H,17,18). The summed E-state index contributed by atoms with van der Waals surface area (Å²) in [6.07, 6.45) is 6.92. The van der Waals surface area contributed by atoms with Crippen LogP contribution in [0.5, 0.6) is 0 Å². The molecule has 0 spiro atoms. The summed E-state index contributed by atoms with van der Waals surface area (Å²) in [5, 5.41) is 13.1. The molecule has 0 bridgehead atoms. The van der Waals surface area contributed by atoms with Crippen molar-refractivity contribution in [3.63, 3.8) is 0 Å². The molecule has 0 fully saturated rings. The zero-order valence-corrected chi connectivity index (χ0v) is 11.1. The fraction of sp³-hybridized carbons (Fsp3) is 0.0769. The molecule has 2 rings (SSSR count). The lowest BCUT2D eigenvalue weighted by Crippen LogP contribution is -2.23. The fourth-order valence-electron chi connectivity index (χ4n) is 1.42. The lowest BCUT2D eigenvalue weighted by atomic mass is 10.3. The molecule has 0 radical (unpaired) electrons. The van der Waals surface area contributed by atoms with Gasteiger partial charge >= 0.3 is 5.97 Å². The first-order chi connectivity index (χ1) is 9.65. The van der Waals surface area contributed by atoms with Crippen molar-refractivity contribution in [2.75, 3.05) is 0 Å². The SMILES string of the molecule is O=C(O)C=Cc1csc(CNC(=O)c2cnccn2)c1. The van der Waals surface area contributed by atoms with E-state index in [2.05, 4.69) is 15.3 Å². The maximum absolute atomic E-state index is 11.7. The number of carboxylic acid groups (broad SMARTS) is 1. The minimum atomic E-state index is -0.992. The first-order valence-corrected chi connectivity index (χ1v) is 6.56. The van der Waals surface area contributed by atoms with Gasteiger partial charge in [0.1, 0.15) is 5.69 Å². The zero-order valence-electron chi connectivity index (χ0n) is 10.3. The summed E-state index contributed by atoms with van der Waals surface area (Å²) in [5.74, 6) is -1.29. The molecule has 0 saturated carbocycles. The van der Waals surface area contributed by atoms with E-state index in [-0.39, 0.29) is 11.6 Å². The van der Waals surface area contributed by atoms with Crippen molar-refractivity contribution < 1.29 is 14.7 Å². The first kappa shape index (κ1) is 13.9. The second kappa shape index (κ2) is 6.58. The molecule has 6 nitrogen and oxygen atoms in total. The van der Waals surface area contributed by atoms with Gasteiger partial charge in [0, 0.05) is 23.3 Å². The Morgan fingerprint density at radius 2 is 2.25 bits per heavy atom. The summed E-state index contributed by atoms with van der Waals surface area (Å²) in [7, 11) is 0. The summed E-state index contributed by atoms with van der Waals surface area (Å²) < 4.78 is 0. The molecule has 0 saturated heterocycles. The van der Waals surface area contributed by atoms with Crippen LogP contribution in [0.2, 0.25) is 0 Å². The average Bonchev–Trinajstić information content (AvgIpc) is 2.91. The highest BCUT2D eigenvalue weighted by Gasteiger charge is 2.07. The van der Waals surface area contributed by atoms with Crippen LogP contribution < -0.4 is 5.32 Å². The lowest BCUT2D eigenvalue weighted by Gasteiger charge is -2.01. The number of nitrogens with one attached hydrogen (secondary N) is 1. The van der Waals surface area contributed by atoms with Crippen LogP contribution in [-0.2, 0) is 11.3 Å². The third-order valence-corrected chi connectivity index (χ3v) is 3.27. The Balaban J connectivity index is 1.92. The van der Waals surface area contributed by atoms with E-state index in [0.29, 0.717) is 6.54 Å². The summed E-state index contributed by atoms with van der Waals surface area (Å²) in [6.45, 7) is 0.362. The monoisotopic (exact) mass is 289 g/mol. The lowest BCUT2D eigenvalue weighted by molar-refractivity contribution is -0.131. The molecule has 2 heterocycles. The number of carbonyl (C=O) groups excluding carboxylic acids is 1. The van der Waals surface area contributed by atoms with Crippen LogP contribution in [-0.4, -0.2) is 27.0 Å². The van der Waals surface area contributed by atoms with Crippen LogP contribution >= 0.6 is 11.3 Å². The zero-order chi connectivity index (χ0) is 14.4. The van der Waals surface area contributed by atoms with Gasteiger partial charge in [-0.1, -0.05) is 0 Å². The van der Waals surface area contributed by atoms with Crippen molar-refractivity contribution in [3.05, 3.63) is 52.2 Å². The van der Waals surface area contributed by atoms with Crippen LogP contribution in [0.4, 0.5) is 0 Å². The van der Waals surface area contributed by atoms with E-state index in [1.807, 2.05) is 11.4 Å². The normalized spacial score (nSPS) is 10.6. The third-order valence-electron chi connectivity index (χ3n) is 2.31. The number of hydrogen-bond acceptors (Lipinski definition) is 5. The minimum Gasteiger partial charge on any atom is -0.478 e. The topological polar surface area (TPSA) is 92.2 Å². The van der Waals surface area contributed by atoms with Crippen LogP contribution in [0, 0.1) is 0 Å². The van der Waals surface area contributed by atoms with Gasteiger partial charge in [-0.3, -0.25) is 9.78 Å². The molecule has 2 aromatic heterocycles. The van der Waals surface area contributed by atoms with Crippen molar-refractivity contribution in [1.82, 2.24) is 15.3 Å². The Kier molecular flexibility index (Phi) is 4.56. The minimum absolute atomic E-state index is 0.259. The molecule has 0 aliphatic heterocycles. The largest absolute Gasteiger partial charge is 0.478 e. The van der Waals surface area contributed by atoms with Crippen molar-refractivity contribution in [2.24, 2.45) is 0 Å². The van der Waals surface area contributed by atoms with Crippen molar-refractivity contribution in [3.8, 4) is 0 Å². The van der Waals surface area contributed by atoms with Gasteiger partial charge < -0.3 is 10.4 Å². The van der Waals surface area contributed by atoms with Gasteiger partial charge in [0.05, 0.1) is 12.7 Å². The van der Waals surface area contributed by atoms with E-state index in [1.165, 1.54) is 36.0 Å². The number of amides is 1. The fourth-order valence-corrected chi connectivity index (χ4v) is 2.21. The van der Waals surface area contributed by atoms with Crippen LogP contribution in [0.3, 0.4) is 0 Å². The number of carboxylic acids is 1. The maximum atomic E-state index is 11.7. The molecule has 0 unspecified atom stereocenters. The number of rotatable bonds is 5. The van der Waals surface area contributed by atoms with Gasteiger partial charge in [-0.2, -0.15) is 0 Å². The number of carbonyl (C=O) groups is 2. The number of aromatic nitrogens is 2. The van der Waals surface area contributed by atoms with Gasteiger partial charge in [0.15, 0.2) is 0 Å². The van der Waals surface area contributed by atoms with Gasteiger partial charge in [-0.05, 0) is 23.1 Å². The number of nitrogens with zero attached hydrogens (tertiary/aromatic N) is 2. The second-order valence-electron chi connectivity index (χ2n) is 3.79. The molecule has 2 aromatic rings. The van der Waals surface area contributed by atoms with Gasteiger partial charge in [0.25, 0.3) is 5.91 Å².